The molecule has 4 heteroatoms. The predicted octanol–water partition coefficient (Wildman–Crippen LogP) is 1.84. The number of hydrogen-bond donors (Lipinski definition) is 2. The van der Waals surface area contributed by atoms with E-state index in [1.807, 2.05) is 38.1 Å². The number of amides is 1. The van der Waals surface area contributed by atoms with Crippen molar-refractivity contribution >= 4 is 11.5 Å². The first-order valence-electron chi connectivity index (χ1n) is 6.28. The lowest BCUT2D eigenvalue weighted by atomic mass is 10.1. The van der Waals surface area contributed by atoms with Crippen molar-refractivity contribution in [3.05, 3.63) is 35.9 Å². The standard InChI is InChI=1S/C15H21NO3/c1-11(10-17)9-16-15(18)8-12(2)13-4-6-14(19-3)7-5-13/h4-8,11,17H,9-10H2,1-3H3,(H,16,18)/b12-8+. The fourth-order valence-corrected chi connectivity index (χ4v) is 1.52. The van der Waals surface area contributed by atoms with Gasteiger partial charge in [-0.15, -0.1) is 0 Å². The Morgan fingerprint density at radius 1 is 1.42 bits per heavy atom. The summed E-state index contributed by atoms with van der Waals surface area (Å²) in [5, 5.41) is 11.6. The Balaban J connectivity index is 2.61. The van der Waals surface area contributed by atoms with Gasteiger partial charge in [0.25, 0.3) is 0 Å². The summed E-state index contributed by atoms with van der Waals surface area (Å²) in [5.41, 5.74) is 1.86. The van der Waals surface area contributed by atoms with E-state index in [2.05, 4.69) is 5.32 Å². The molecule has 104 valence electrons. The SMILES string of the molecule is COc1ccc(/C(C)=C/C(=O)NCC(C)CO)cc1. The van der Waals surface area contributed by atoms with Crippen molar-refractivity contribution in [3.63, 3.8) is 0 Å². The zero-order chi connectivity index (χ0) is 14.3. The quantitative estimate of drug-likeness (QED) is 0.770. The second kappa shape index (κ2) is 7.59. The first-order chi connectivity index (χ1) is 9.06. The molecule has 19 heavy (non-hydrogen) atoms. The smallest absolute Gasteiger partial charge is 0.244 e. The number of hydrogen-bond acceptors (Lipinski definition) is 3. The van der Waals surface area contributed by atoms with Crippen molar-refractivity contribution in [3.8, 4) is 5.75 Å². The normalized spacial score (nSPS) is 12.9. The molecule has 0 aromatic heterocycles. The van der Waals surface area contributed by atoms with Gasteiger partial charge in [-0.2, -0.15) is 0 Å². The highest BCUT2D eigenvalue weighted by molar-refractivity contribution is 5.94. The highest BCUT2D eigenvalue weighted by Crippen LogP contribution is 2.17. The number of ether oxygens (including phenoxy) is 1. The number of nitrogens with one attached hydrogen (secondary N) is 1. The second-order valence-electron chi connectivity index (χ2n) is 4.59. The van der Waals surface area contributed by atoms with Gasteiger partial charge in [0.15, 0.2) is 0 Å². The number of allylic oxidation sites excluding steroid dienone is 1. The average molecular weight is 263 g/mol. The Morgan fingerprint density at radius 3 is 2.58 bits per heavy atom. The first kappa shape index (κ1) is 15.2. The van der Waals surface area contributed by atoms with Crippen molar-refractivity contribution in [2.24, 2.45) is 5.92 Å². The molecular weight excluding hydrogens is 242 g/mol. The number of aliphatic hydroxyl groups is 1. The van der Waals surface area contributed by atoms with Gasteiger partial charge in [0.1, 0.15) is 5.75 Å². The first-order valence-corrected chi connectivity index (χ1v) is 6.28. The maximum atomic E-state index is 11.7. The van der Waals surface area contributed by atoms with Crippen LogP contribution in [0.15, 0.2) is 30.3 Å². The zero-order valence-corrected chi connectivity index (χ0v) is 11.6. The number of rotatable bonds is 6. The topological polar surface area (TPSA) is 58.6 Å². The van der Waals surface area contributed by atoms with Crippen LogP contribution in [0.25, 0.3) is 5.57 Å². The van der Waals surface area contributed by atoms with Gasteiger partial charge in [-0.25, -0.2) is 0 Å². The van der Waals surface area contributed by atoms with Crippen molar-refractivity contribution in [1.82, 2.24) is 5.32 Å². The van der Waals surface area contributed by atoms with Crippen LogP contribution in [0.5, 0.6) is 5.75 Å². The van der Waals surface area contributed by atoms with Crippen LogP contribution in [-0.4, -0.2) is 31.3 Å². The molecular formula is C15H21NO3. The summed E-state index contributed by atoms with van der Waals surface area (Å²) in [5.74, 6) is 0.713. The molecule has 0 spiro atoms. The molecule has 4 nitrogen and oxygen atoms in total. The molecule has 0 bridgehead atoms. The maximum absolute atomic E-state index is 11.7. The average Bonchev–Trinajstić information content (AvgIpc) is 2.44. The maximum Gasteiger partial charge on any atom is 0.244 e. The van der Waals surface area contributed by atoms with Crippen molar-refractivity contribution in [1.29, 1.82) is 0 Å². The molecule has 1 unspecified atom stereocenters. The van der Waals surface area contributed by atoms with E-state index < -0.39 is 0 Å². The summed E-state index contributed by atoms with van der Waals surface area (Å²) in [6.07, 6.45) is 1.56. The Kier molecular flexibility index (Phi) is 6.09. The molecule has 1 atom stereocenters. The van der Waals surface area contributed by atoms with Gasteiger partial charge < -0.3 is 15.2 Å². The minimum atomic E-state index is -0.145. The van der Waals surface area contributed by atoms with Crippen molar-refractivity contribution in [2.75, 3.05) is 20.3 Å². The van der Waals surface area contributed by atoms with E-state index in [1.165, 1.54) is 0 Å². The predicted molar refractivity (Wildman–Crippen MR) is 75.9 cm³/mol. The molecule has 0 radical (unpaired) electrons. The fraction of sp³-hybridized carbons (Fsp3) is 0.400. The lowest BCUT2D eigenvalue weighted by Gasteiger charge is -2.08. The molecule has 0 aliphatic heterocycles. The van der Waals surface area contributed by atoms with Crippen LogP contribution in [0.1, 0.15) is 19.4 Å². The van der Waals surface area contributed by atoms with Gasteiger partial charge in [-0.3, -0.25) is 4.79 Å². The van der Waals surface area contributed by atoms with E-state index in [4.69, 9.17) is 9.84 Å². The molecule has 1 rings (SSSR count). The highest BCUT2D eigenvalue weighted by atomic mass is 16.5. The Hall–Kier alpha value is -1.81. The number of carbonyl (C=O) groups excluding carboxylic acids is 1. The molecule has 0 fully saturated rings. The van der Waals surface area contributed by atoms with Crippen LogP contribution in [0.3, 0.4) is 0 Å². The van der Waals surface area contributed by atoms with Crippen molar-refractivity contribution < 1.29 is 14.6 Å². The number of carbonyl (C=O) groups is 1. The van der Waals surface area contributed by atoms with E-state index in [0.29, 0.717) is 6.54 Å². The van der Waals surface area contributed by atoms with Crippen LogP contribution in [-0.2, 0) is 4.79 Å². The Bertz CT molecular complexity index is 437. The van der Waals surface area contributed by atoms with Gasteiger partial charge in [0.2, 0.25) is 5.91 Å². The van der Waals surface area contributed by atoms with E-state index in [9.17, 15) is 4.79 Å². The molecule has 0 aliphatic carbocycles. The Labute approximate surface area is 114 Å². The minimum Gasteiger partial charge on any atom is -0.497 e. The van der Waals surface area contributed by atoms with E-state index in [1.54, 1.807) is 13.2 Å². The lowest BCUT2D eigenvalue weighted by Crippen LogP contribution is -2.28. The fourth-order valence-electron chi connectivity index (χ4n) is 1.52. The van der Waals surface area contributed by atoms with E-state index in [-0.39, 0.29) is 18.4 Å². The summed E-state index contributed by atoms with van der Waals surface area (Å²) < 4.78 is 5.08. The molecule has 1 amide bonds. The zero-order valence-electron chi connectivity index (χ0n) is 11.6. The van der Waals surface area contributed by atoms with Crippen molar-refractivity contribution in [2.45, 2.75) is 13.8 Å². The molecule has 0 saturated carbocycles. The summed E-state index contributed by atoms with van der Waals surface area (Å²) in [7, 11) is 1.62. The number of methoxy groups -OCH3 is 1. The summed E-state index contributed by atoms with van der Waals surface area (Å²) in [6.45, 7) is 4.31. The van der Waals surface area contributed by atoms with Gasteiger partial charge in [0, 0.05) is 19.2 Å². The lowest BCUT2D eigenvalue weighted by molar-refractivity contribution is -0.116. The number of benzene rings is 1. The summed E-state index contributed by atoms with van der Waals surface area (Å²) in [4.78, 5) is 11.7. The monoisotopic (exact) mass is 263 g/mol. The van der Waals surface area contributed by atoms with Crippen LogP contribution in [0, 0.1) is 5.92 Å². The summed E-state index contributed by atoms with van der Waals surface area (Å²) >= 11 is 0. The molecule has 0 saturated heterocycles. The van der Waals surface area contributed by atoms with Gasteiger partial charge in [-0.05, 0) is 36.1 Å². The van der Waals surface area contributed by atoms with Crippen LogP contribution in [0.2, 0.25) is 0 Å². The van der Waals surface area contributed by atoms with Crippen LogP contribution < -0.4 is 10.1 Å². The number of aliphatic hydroxyl groups excluding tert-OH is 1. The minimum absolute atomic E-state index is 0.0682. The van der Waals surface area contributed by atoms with Crippen LogP contribution in [0.4, 0.5) is 0 Å². The van der Waals surface area contributed by atoms with Crippen LogP contribution >= 0.6 is 0 Å². The second-order valence-corrected chi connectivity index (χ2v) is 4.59. The van der Waals surface area contributed by atoms with E-state index >= 15 is 0 Å². The largest absolute Gasteiger partial charge is 0.497 e. The van der Waals surface area contributed by atoms with Gasteiger partial charge in [-0.1, -0.05) is 19.1 Å². The third-order valence-electron chi connectivity index (χ3n) is 2.83. The molecule has 0 heterocycles. The molecule has 1 aromatic carbocycles. The highest BCUT2D eigenvalue weighted by Gasteiger charge is 2.04. The van der Waals surface area contributed by atoms with Gasteiger partial charge in [0.05, 0.1) is 7.11 Å². The van der Waals surface area contributed by atoms with Gasteiger partial charge >= 0.3 is 0 Å². The van der Waals surface area contributed by atoms with E-state index in [0.717, 1.165) is 16.9 Å². The molecule has 0 aliphatic rings. The third-order valence-corrected chi connectivity index (χ3v) is 2.83. The Morgan fingerprint density at radius 2 is 2.05 bits per heavy atom. The molecule has 2 N–H and O–H groups in total. The molecule has 1 aromatic rings. The summed E-state index contributed by atoms with van der Waals surface area (Å²) in [6, 6.07) is 7.54. The third kappa shape index (κ3) is 5.14.